The summed E-state index contributed by atoms with van der Waals surface area (Å²) in [7, 11) is 0. The van der Waals surface area contributed by atoms with Crippen LogP contribution in [0.5, 0.6) is 0 Å². The van der Waals surface area contributed by atoms with Crippen LogP contribution in [0.3, 0.4) is 0 Å². The molecule has 21 heavy (non-hydrogen) atoms. The number of benzene rings is 1. The number of aromatic carboxylic acids is 1. The number of carbonyl (C=O) groups is 2. The molecule has 5 nitrogen and oxygen atoms in total. The summed E-state index contributed by atoms with van der Waals surface area (Å²) in [5, 5.41) is 14.7. The molecule has 0 saturated heterocycles. The molecule has 0 heterocycles. The SMILES string of the molecule is CC1(NC(=O)Nc2cc(C(=O)O)ccc2Br)CCCCC1. The maximum Gasteiger partial charge on any atom is 0.335 e. The number of carbonyl (C=O) groups excluding carboxylic acids is 1. The van der Waals surface area contributed by atoms with Crippen molar-refractivity contribution >= 4 is 33.6 Å². The molecule has 1 aromatic carbocycles. The molecule has 0 spiro atoms. The number of carboxylic acids is 1. The summed E-state index contributed by atoms with van der Waals surface area (Å²) < 4.78 is 0.649. The van der Waals surface area contributed by atoms with Crippen molar-refractivity contribution in [1.82, 2.24) is 5.32 Å². The highest BCUT2D eigenvalue weighted by atomic mass is 79.9. The first kappa shape index (κ1) is 15.8. The van der Waals surface area contributed by atoms with E-state index in [-0.39, 0.29) is 17.1 Å². The molecule has 0 aliphatic heterocycles. The van der Waals surface area contributed by atoms with Crippen LogP contribution in [0.4, 0.5) is 10.5 Å². The van der Waals surface area contributed by atoms with Gasteiger partial charge in [0.2, 0.25) is 0 Å². The highest BCUT2D eigenvalue weighted by molar-refractivity contribution is 9.10. The number of urea groups is 1. The van der Waals surface area contributed by atoms with E-state index in [9.17, 15) is 9.59 Å². The van der Waals surface area contributed by atoms with E-state index in [0.717, 1.165) is 25.7 Å². The van der Waals surface area contributed by atoms with Crippen molar-refractivity contribution in [1.29, 1.82) is 0 Å². The van der Waals surface area contributed by atoms with E-state index < -0.39 is 5.97 Å². The van der Waals surface area contributed by atoms with Crippen LogP contribution in [0.2, 0.25) is 0 Å². The lowest BCUT2D eigenvalue weighted by Crippen LogP contribution is -2.48. The lowest BCUT2D eigenvalue weighted by Gasteiger charge is -2.34. The number of halogens is 1. The van der Waals surface area contributed by atoms with Gasteiger partial charge in [0.25, 0.3) is 0 Å². The maximum absolute atomic E-state index is 12.1. The second-order valence-electron chi connectivity index (χ2n) is 5.70. The van der Waals surface area contributed by atoms with Crippen LogP contribution < -0.4 is 10.6 Å². The number of anilines is 1. The molecule has 114 valence electrons. The molecule has 0 atom stereocenters. The van der Waals surface area contributed by atoms with Crippen molar-refractivity contribution in [2.45, 2.75) is 44.6 Å². The standard InChI is InChI=1S/C15H19BrN2O3/c1-15(7-3-2-4-8-15)18-14(21)17-12-9-10(13(19)20)5-6-11(12)16/h5-6,9H,2-4,7-8H2,1H3,(H,19,20)(H2,17,18,21). The van der Waals surface area contributed by atoms with Crippen molar-refractivity contribution in [2.24, 2.45) is 0 Å². The van der Waals surface area contributed by atoms with Crippen molar-refractivity contribution in [3.05, 3.63) is 28.2 Å². The van der Waals surface area contributed by atoms with Gasteiger partial charge in [0.05, 0.1) is 11.3 Å². The fourth-order valence-electron chi connectivity index (χ4n) is 2.64. The largest absolute Gasteiger partial charge is 0.478 e. The molecule has 1 aliphatic carbocycles. The first-order valence-electron chi connectivity index (χ1n) is 7.02. The second-order valence-corrected chi connectivity index (χ2v) is 6.55. The minimum atomic E-state index is -1.02. The Labute approximate surface area is 132 Å². The highest BCUT2D eigenvalue weighted by Crippen LogP contribution is 2.28. The van der Waals surface area contributed by atoms with Gasteiger partial charge < -0.3 is 15.7 Å². The minimum Gasteiger partial charge on any atom is -0.478 e. The van der Waals surface area contributed by atoms with Gasteiger partial charge in [0.15, 0.2) is 0 Å². The third kappa shape index (κ3) is 4.20. The first-order valence-corrected chi connectivity index (χ1v) is 7.81. The topological polar surface area (TPSA) is 78.4 Å². The molecule has 0 radical (unpaired) electrons. The highest BCUT2D eigenvalue weighted by Gasteiger charge is 2.28. The van der Waals surface area contributed by atoms with Gasteiger partial charge in [-0.05, 0) is 53.9 Å². The van der Waals surface area contributed by atoms with Crippen LogP contribution in [0, 0.1) is 0 Å². The fraction of sp³-hybridized carbons (Fsp3) is 0.467. The van der Waals surface area contributed by atoms with Gasteiger partial charge in [0, 0.05) is 10.0 Å². The molecular formula is C15H19BrN2O3. The number of nitrogens with one attached hydrogen (secondary N) is 2. The number of rotatable bonds is 3. The molecule has 1 fully saturated rings. The van der Waals surface area contributed by atoms with Gasteiger partial charge in [-0.2, -0.15) is 0 Å². The molecule has 3 N–H and O–H groups in total. The lowest BCUT2D eigenvalue weighted by molar-refractivity contribution is 0.0697. The molecular weight excluding hydrogens is 336 g/mol. The number of amides is 2. The quantitative estimate of drug-likeness (QED) is 0.767. The summed E-state index contributed by atoms with van der Waals surface area (Å²) in [5.41, 5.74) is 0.406. The van der Waals surface area contributed by atoms with Crippen LogP contribution in [-0.4, -0.2) is 22.6 Å². The maximum atomic E-state index is 12.1. The number of carboxylic acid groups (broad SMARTS) is 1. The van der Waals surface area contributed by atoms with Gasteiger partial charge in [-0.1, -0.05) is 19.3 Å². The summed E-state index contributed by atoms with van der Waals surface area (Å²) in [6.07, 6.45) is 5.39. The molecule has 0 unspecified atom stereocenters. The van der Waals surface area contributed by atoms with Crippen molar-refractivity contribution < 1.29 is 14.7 Å². The van der Waals surface area contributed by atoms with E-state index in [0.29, 0.717) is 10.2 Å². The Hall–Kier alpha value is -1.56. The molecule has 2 rings (SSSR count). The summed E-state index contributed by atoms with van der Waals surface area (Å²) in [6.45, 7) is 2.05. The first-order chi connectivity index (χ1) is 9.89. The third-order valence-corrected chi connectivity index (χ3v) is 4.53. The normalized spacial score (nSPS) is 17.0. The summed E-state index contributed by atoms with van der Waals surface area (Å²) >= 11 is 3.31. The molecule has 0 aromatic heterocycles. The zero-order chi connectivity index (χ0) is 15.5. The third-order valence-electron chi connectivity index (χ3n) is 3.83. The second kappa shape index (κ2) is 6.47. The van der Waals surface area contributed by atoms with Crippen molar-refractivity contribution in [2.75, 3.05) is 5.32 Å². The number of hydrogen-bond donors (Lipinski definition) is 3. The zero-order valence-electron chi connectivity index (χ0n) is 11.9. The predicted molar refractivity (Wildman–Crippen MR) is 84.7 cm³/mol. The zero-order valence-corrected chi connectivity index (χ0v) is 13.5. The van der Waals surface area contributed by atoms with E-state index in [2.05, 4.69) is 33.5 Å². The molecule has 1 aromatic rings. The Morgan fingerprint density at radius 2 is 1.90 bits per heavy atom. The Morgan fingerprint density at radius 3 is 2.52 bits per heavy atom. The molecule has 6 heteroatoms. The smallest absolute Gasteiger partial charge is 0.335 e. The Bertz CT molecular complexity index is 554. The van der Waals surface area contributed by atoms with E-state index in [4.69, 9.17) is 5.11 Å². The lowest BCUT2D eigenvalue weighted by atomic mass is 9.83. The van der Waals surface area contributed by atoms with Gasteiger partial charge in [0.1, 0.15) is 0 Å². The van der Waals surface area contributed by atoms with Crippen LogP contribution >= 0.6 is 15.9 Å². The summed E-state index contributed by atoms with van der Waals surface area (Å²) in [5.74, 6) is -1.02. The molecule has 0 bridgehead atoms. The van der Waals surface area contributed by atoms with Crippen LogP contribution in [0.1, 0.15) is 49.4 Å². The average Bonchev–Trinajstić information content (AvgIpc) is 2.41. The van der Waals surface area contributed by atoms with E-state index in [1.54, 1.807) is 6.07 Å². The van der Waals surface area contributed by atoms with Gasteiger partial charge in [-0.3, -0.25) is 0 Å². The molecule has 1 saturated carbocycles. The number of hydrogen-bond acceptors (Lipinski definition) is 2. The fourth-order valence-corrected chi connectivity index (χ4v) is 2.98. The minimum absolute atomic E-state index is 0.136. The van der Waals surface area contributed by atoms with Crippen LogP contribution in [0.25, 0.3) is 0 Å². The van der Waals surface area contributed by atoms with E-state index in [1.807, 2.05) is 0 Å². The van der Waals surface area contributed by atoms with Crippen molar-refractivity contribution in [3.63, 3.8) is 0 Å². The van der Waals surface area contributed by atoms with Crippen molar-refractivity contribution in [3.8, 4) is 0 Å². The van der Waals surface area contributed by atoms with E-state index >= 15 is 0 Å². The van der Waals surface area contributed by atoms with Gasteiger partial charge >= 0.3 is 12.0 Å². The summed E-state index contributed by atoms with van der Waals surface area (Å²) in [4.78, 5) is 23.1. The van der Waals surface area contributed by atoms with Gasteiger partial charge in [-0.25, -0.2) is 9.59 Å². The Morgan fingerprint density at radius 1 is 1.24 bits per heavy atom. The van der Waals surface area contributed by atoms with Gasteiger partial charge in [-0.15, -0.1) is 0 Å². The predicted octanol–water partition coefficient (Wildman–Crippen LogP) is 3.99. The average molecular weight is 355 g/mol. The monoisotopic (exact) mass is 354 g/mol. The summed E-state index contributed by atoms with van der Waals surface area (Å²) in [6, 6.07) is 4.23. The van der Waals surface area contributed by atoms with E-state index in [1.165, 1.54) is 18.6 Å². The molecule has 2 amide bonds. The van der Waals surface area contributed by atoms with Crippen LogP contribution in [0.15, 0.2) is 22.7 Å². The Kier molecular flexibility index (Phi) is 4.88. The molecule has 1 aliphatic rings. The Balaban J connectivity index is 2.05. The van der Waals surface area contributed by atoms with Crippen LogP contribution in [-0.2, 0) is 0 Å².